The van der Waals surface area contributed by atoms with Crippen molar-refractivity contribution in [2.45, 2.75) is 12.5 Å². The Kier molecular flexibility index (Phi) is 2.44. The molecule has 1 unspecified atom stereocenters. The van der Waals surface area contributed by atoms with Crippen molar-refractivity contribution in [3.63, 3.8) is 0 Å². The quantitative estimate of drug-likeness (QED) is 0.582. The first-order chi connectivity index (χ1) is 7.13. The molecule has 0 amide bonds. The van der Waals surface area contributed by atoms with Gasteiger partial charge in [-0.2, -0.15) is 0 Å². The van der Waals surface area contributed by atoms with Crippen LogP contribution in [0.2, 0.25) is 5.02 Å². The third-order valence-electron chi connectivity index (χ3n) is 2.35. The van der Waals surface area contributed by atoms with Gasteiger partial charge in [-0.05, 0) is 12.1 Å². The van der Waals surface area contributed by atoms with Crippen LogP contribution in [0, 0.1) is 0 Å². The smallest absolute Gasteiger partial charge is 0.347 e. The van der Waals surface area contributed by atoms with Gasteiger partial charge in [0.2, 0.25) is 0 Å². The highest BCUT2D eigenvalue weighted by Gasteiger charge is 2.31. The Balaban J connectivity index is 2.31. The van der Waals surface area contributed by atoms with E-state index in [4.69, 9.17) is 22.1 Å². The number of hydrogen-bond donors (Lipinski definition) is 1. The molecule has 4 nitrogen and oxygen atoms in total. The summed E-state index contributed by atoms with van der Waals surface area (Å²) in [5, 5.41) is 0.457. The van der Waals surface area contributed by atoms with Gasteiger partial charge in [-0.1, -0.05) is 11.6 Å². The molecule has 0 radical (unpaired) electrons. The lowest BCUT2D eigenvalue weighted by molar-refractivity contribution is -0.147. The second kappa shape index (κ2) is 3.62. The molecule has 1 aromatic rings. The Morgan fingerprint density at radius 3 is 3.07 bits per heavy atom. The number of anilines is 1. The van der Waals surface area contributed by atoms with Crippen molar-refractivity contribution in [3.8, 4) is 5.75 Å². The lowest BCUT2D eigenvalue weighted by Crippen LogP contribution is -2.26. The minimum Gasteiger partial charge on any atom is -0.478 e. The number of ether oxygens (including phenoxy) is 2. The Hall–Kier alpha value is -1.42. The number of rotatable bonds is 1. The molecule has 5 heteroatoms. The fourth-order valence-electron chi connectivity index (χ4n) is 1.57. The Morgan fingerprint density at radius 2 is 2.40 bits per heavy atom. The van der Waals surface area contributed by atoms with Crippen molar-refractivity contribution >= 4 is 23.3 Å². The van der Waals surface area contributed by atoms with Crippen LogP contribution in [0.15, 0.2) is 12.1 Å². The predicted octanol–water partition coefficient (Wildman–Crippen LogP) is 1.40. The number of halogens is 1. The topological polar surface area (TPSA) is 61.5 Å². The molecule has 0 fully saturated rings. The van der Waals surface area contributed by atoms with E-state index in [1.54, 1.807) is 12.1 Å². The van der Waals surface area contributed by atoms with Crippen LogP contribution in [0.3, 0.4) is 0 Å². The number of esters is 1. The lowest BCUT2D eigenvalue weighted by atomic mass is 10.1. The molecule has 1 aliphatic rings. The normalized spacial score (nSPS) is 18.1. The molecule has 2 N–H and O–H groups in total. The number of hydrogen-bond acceptors (Lipinski definition) is 4. The average Bonchev–Trinajstić information content (AvgIpc) is 2.67. The molecule has 15 heavy (non-hydrogen) atoms. The van der Waals surface area contributed by atoms with Crippen LogP contribution < -0.4 is 10.5 Å². The van der Waals surface area contributed by atoms with E-state index in [9.17, 15) is 4.79 Å². The van der Waals surface area contributed by atoms with Crippen molar-refractivity contribution in [2.24, 2.45) is 0 Å². The number of carbonyl (C=O) groups is 1. The van der Waals surface area contributed by atoms with Gasteiger partial charge >= 0.3 is 5.97 Å². The number of fused-ring (bicyclic) bond motifs is 1. The summed E-state index contributed by atoms with van der Waals surface area (Å²) in [5.74, 6) is 0.199. The average molecular weight is 228 g/mol. The molecular weight excluding hydrogens is 218 g/mol. The summed E-state index contributed by atoms with van der Waals surface area (Å²) in [4.78, 5) is 11.3. The number of carbonyl (C=O) groups excluding carboxylic acids is 1. The predicted molar refractivity (Wildman–Crippen MR) is 56.0 cm³/mol. The van der Waals surface area contributed by atoms with Crippen LogP contribution in [0.25, 0.3) is 0 Å². The summed E-state index contributed by atoms with van der Waals surface area (Å²) >= 11 is 5.99. The Labute approximate surface area is 91.9 Å². The molecule has 1 aromatic carbocycles. The molecular formula is C10H10ClNO3. The van der Waals surface area contributed by atoms with Gasteiger partial charge in [0.15, 0.2) is 6.10 Å². The van der Waals surface area contributed by atoms with E-state index in [1.165, 1.54) is 7.11 Å². The van der Waals surface area contributed by atoms with E-state index < -0.39 is 12.1 Å². The van der Waals surface area contributed by atoms with E-state index >= 15 is 0 Å². The summed E-state index contributed by atoms with van der Waals surface area (Å²) < 4.78 is 9.98. The minimum absolute atomic E-state index is 0.402. The molecule has 80 valence electrons. The second-order valence-corrected chi connectivity index (χ2v) is 3.66. The number of methoxy groups -OCH3 is 1. The van der Waals surface area contributed by atoms with Gasteiger partial charge in [-0.25, -0.2) is 4.79 Å². The summed E-state index contributed by atoms with van der Waals surface area (Å²) in [5.41, 5.74) is 6.90. The summed E-state index contributed by atoms with van der Waals surface area (Å²) in [6, 6.07) is 3.36. The van der Waals surface area contributed by atoms with E-state index in [1.807, 2.05) is 0 Å². The van der Waals surface area contributed by atoms with Gasteiger partial charge in [-0.3, -0.25) is 0 Å². The van der Waals surface area contributed by atoms with Gasteiger partial charge in [0.1, 0.15) is 5.75 Å². The molecule has 0 bridgehead atoms. The lowest BCUT2D eigenvalue weighted by Gasteiger charge is -2.06. The molecule has 0 aromatic heterocycles. The zero-order chi connectivity index (χ0) is 11.0. The molecule has 0 saturated carbocycles. The first kappa shape index (κ1) is 10.1. The first-order valence-electron chi connectivity index (χ1n) is 4.45. The van der Waals surface area contributed by atoms with E-state index in [-0.39, 0.29) is 0 Å². The zero-order valence-electron chi connectivity index (χ0n) is 8.12. The van der Waals surface area contributed by atoms with Gasteiger partial charge in [0, 0.05) is 12.0 Å². The monoisotopic (exact) mass is 227 g/mol. The van der Waals surface area contributed by atoms with Crippen LogP contribution in [0.5, 0.6) is 5.75 Å². The fourth-order valence-corrected chi connectivity index (χ4v) is 1.80. The van der Waals surface area contributed by atoms with E-state index in [0.29, 0.717) is 22.9 Å². The molecule has 0 aliphatic carbocycles. The number of nitrogens with two attached hydrogens (primary N) is 1. The van der Waals surface area contributed by atoms with Crippen LogP contribution in [0.4, 0.5) is 5.69 Å². The van der Waals surface area contributed by atoms with Crippen LogP contribution in [-0.2, 0) is 16.0 Å². The molecule has 2 rings (SSSR count). The minimum atomic E-state index is -0.607. The summed E-state index contributed by atoms with van der Waals surface area (Å²) in [6.07, 6.45) is -0.199. The van der Waals surface area contributed by atoms with Gasteiger partial charge in [-0.15, -0.1) is 0 Å². The highest BCUT2D eigenvalue weighted by molar-refractivity contribution is 6.34. The maximum Gasteiger partial charge on any atom is 0.347 e. The highest BCUT2D eigenvalue weighted by Crippen LogP contribution is 2.37. The third-order valence-corrected chi connectivity index (χ3v) is 2.80. The standard InChI is InChI=1S/C10H10ClNO3/c1-14-10(13)8-4-5-7(15-8)3-2-6(12)9(5)11/h2-3,8H,4,12H2,1H3. The van der Waals surface area contributed by atoms with Crippen molar-refractivity contribution in [3.05, 3.63) is 22.7 Å². The van der Waals surface area contributed by atoms with Gasteiger partial charge < -0.3 is 15.2 Å². The van der Waals surface area contributed by atoms with Crippen LogP contribution in [0.1, 0.15) is 5.56 Å². The molecule has 1 heterocycles. The molecule has 1 aliphatic heterocycles. The van der Waals surface area contributed by atoms with E-state index in [2.05, 4.69) is 4.74 Å². The molecule has 0 saturated heterocycles. The largest absolute Gasteiger partial charge is 0.478 e. The van der Waals surface area contributed by atoms with Gasteiger partial charge in [0.25, 0.3) is 0 Å². The first-order valence-corrected chi connectivity index (χ1v) is 4.82. The summed E-state index contributed by atoms with van der Waals surface area (Å²) in [6.45, 7) is 0. The maximum absolute atomic E-state index is 11.3. The number of benzene rings is 1. The van der Waals surface area contributed by atoms with Crippen molar-refractivity contribution < 1.29 is 14.3 Å². The zero-order valence-corrected chi connectivity index (χ0v) is 8.88. The fraction of sp³-hybridized carbons (Fsp3) is 0.300. The highest BCUT2D eigenvalue weighted by atomic mass is 35.5. The van der Waals surface area contributed by atoms with Crippen molar-refractivity contribution in [1.29, 1.82) is 0 Å². The van der Waals surface area contributed by atoms with Crippen molar-refractivity contribution in [1.82, 2.24) is 0 Å². The second-order valence-electron chi connectivity index (χ2n) is 3.28. The Bertz CT molecular complexity index is 419. The Morgan fingerprint density at radius 1 is 1.67 bits per heavy atom. The number of nitrogen functional groups attached to an aromatic ring is 1. The maximum atomic E-state index is 11.3. The SMILES string of the molecule is COC(=O)C1Cc2c(ccc(N)c2Cl)O1. The third kappa shape index (κ3) is 1.61. The van der Waals surface area contributed by atoms with Gasteiger partial charge in [0.05, 0.1) is 17.8 Å². The summed E-state index contributed by atoms with van der Waals surface area (Å²) in [7, 11) is 1.32. The van der Waals surface area contributed by atoms with Crippen LogP contribution in [-0.4, -0.2) is 19.2 Å². The van der Waals surface area contributed by atoms with Crippen LogP contribution >= 0.6 is 11.6 Å². The molecule has 0 spiro atoms. The molecule has 1 atom stereocenters. The van der Waals surface area contributed by atoms with E-state index in [0.717, 1.165) is 5.56 Å². The van der Waals surface area contributed by atoms with Crippen molar-refractivity contribution in [2.75, 3.05) is 12.8 Å².